The third-order valence-electron chi connectivity index (χ3n) is 2.67. The van der Waals surface area contributed by atoms with Crippen molar-refractivity contribution in [2.24, 2.45) is 0 Å². The number of hydrogen-bond donors (Lipinski definition) is 0. The molecule has 2 heterocycles. The van der Waals surface area contributed by atoms with E-state index >= 15 is 0 Å². The lowest BCUT2D eigenvalue weighted by molar-refractivity contribution is 0.463. The molecule has 19 heavy (non-hydrogen) atoms. The summed E-state index contributed by atoms with van der Waals surface area (Å²) in [6.07, 6.45) is 3.27. The minimum Gasteiger partial charge on any atom is -0.437 e. The summed E-state index contributed by atoms with van der Waals surface area (Å²) in [5.74, 6) is 0.984. The fourth-order valence-corrected chi connectivity index (χ4v) is 1.82. The zero-order valence-corrected chi connectivity index (χ0v) is 9.95. The largest absolute Gasteiger partial charge is 0.437 e. The first-order valence-corrected chi connectivity index (χ1v) is 5.74. The summed E-state index contributed by atoms with van der Waals surface area (Å²) in [4.78, 5) is 8.35. The van der Waals surface area contributed by atoms with E-state index in [-0.39, 0.29) is 0 Å². The van der Waals surface area contributed by atoms with E-state index in [4.69, 9.17) is 4.74 Å². The highest BCUT2D eigenvalue weighted by Gasteiger charge is 2.06. The van der Waals surface area contributed by atoms with Crippen LogP contribution < -0.4 is 4.74 Å². The van der Waals surface area contributed by atoms with Crippen molar-refractivity contribution in [3.05, 3.63) is 60.4 Å². The highest BCUT2D eigenvalue weighted by molar-refractivity contribution is 5.85. The molecule has 0 bridgehead atoms. The van der Waals surface area contributed by atoms with Crippen molar-refractivity contribution in [3.63, 3.8) is 0 Å². The molecule has 3 rings (SSSR count). The monoisotopic (exact) mass is 247 g/mol. The van der Waals surface area contributed by atoms with Crippen LogP contribution in [0.4, 0.5) is 0 Å². The van der Waals surface area contributed by atoms with Gasteiger partial charge in [0.05, 0.1) is 17.3 Å². The molecule has 4 nitrogen and oxygen atoms in total. The molecule has 3 aromatic rings. The number of nitrogens with zero attached hydrogens (tertiary/aromatic N) is 3. The average Bonchev–Trinajstić information content (AvgIpc) is 2.47. The molecule has 0 spiro atoms. The fraction of sp³-hybridized carbons (Fsp3) is 0. The van der Waals surface area contributed by atoms with E-state index in [2.05, 4.69) is 16.0 Å². The Balaban J connectivity index is 2.08. The topological polar surface area (TPSA) is 58.8 Å². The Morgan fingerprint density at radius 2 is 2.00 bits per heavy atom. The van der Waals surface area contributed by atoms with E-state index < -0.39 is 0 Å². The van der Waals surface area contributed by atoms with Crippen LogP contribution in [-0.4, -0.2) is 9.97 Å². The maximum absolute atomic E-state index is 9.18. The van der Waals surface area contributed by atoms with Gasteiger partial charge >= 0.3 is 0 Å². The van der Waals surface area contributed by atoms with Gasteiger partial charge in [-0.1, -0.05) is 18.2 Å². The number of hydrogen-bond acceptors (Lipinski definition) is 4. The molecular weight excluding hydrogens is 238 g/mol. The molecular formula is C15H9N3O. The van der Waals surface area contributed by atoms with Gasteiger partial charge in [0.1, 0.15) is 11.8 Å². The summed E-state index contributed by atoms with van der Waals surface area (Å²) in [5.41, 5.74) is 1.28. The van der Waals surface area contributed by atoms with Crippen LogP contribution in [0.5, 0.6) is 11.6 Å². The average molecular weight is 247 g/mol. The number of nitriles is 1. The predicted molar refractivity (Wildman–Crippen MR) is 70.8 cm³/mol. The van der Waals surface area contributed by atoms with Crippen molar-refractivity contribution in [1.29, 1.82) is 5.26 Å². The van der Waals surface area contributed by atoms with E-state index in [1.807, 2.05) is 24.3 Å². The number of ether oxygens (including phenoxy) is 1. The maximum atomic E-state index is 9.18. The highest BCUT2D eigenvalue weighted by atomic mass is 16.5. The van der Waals surface area contributed by atoms with Gasteiger partial charge in [0.15, 0.2) is 0 Å². The van der Waals surface area contributed by atoms with E-state index in [1.54, 1.807) is 30.6 Å². The molecule has 4 heteroatoms. The molecule has 0 saturated carbocycles. The lowest BCUT2D eigenvalue weighted by atomic mass is 10.1. The summed E-state index contributed by atoms with van der Waals surface area (Å²) in [7, 11) is 0. The Labute approximate surface area is 109 Å². The fourth-order valence-electron chi connectivity index (χ4n) is 1.82. The summed E-state index contributed by atoms with van der Waals surface area (Å²) in [5, 5.41) is 10.0. The lowest BCUT2D eigenvalue weighted by Gasteiger charge is -2.06. The molecule has 0 amide bonds. The van der Waals surface area contributed by atoms with Crippen molar-refractivity contribution in [1.82, 2.24) is 9.97 Å². The number of benzene rings is 1. The van der Waals surface area contributed by atoms with Crippen LogP contribution in [0.1, 0.15) is 5.56 Å². The summed E-state index contributed by atoms with van der Waals surface area (Å²) in [6, 6.07) is 14.8. The molecule has 0 radical (unpaired) electrons. The first-order chi connectivity index (χ1) is 9.36. The van der Waals surface area contributed by atoms with Gasteiger partial charge in [0.2, 0.25) is 5.88 Å². The maximum Gasteiger partial charge on any atom is 0.221 e. The van der Waals surface area contributed by atoms with Gasteiger partial charge < -0.3 is 4.74 Å². The summed E-state index contributed by atoms with van der Waals surface area (Å²) in [6.45, 7) is 0. The molecule has 0 N–H and O–H groups in total. The molecule has 0 fully saturated rings. The van der Waals surface area contributed by atoms with E-state index in [0.717, 1.165) is 10.9 Å². The second-order valence-corrected chi connectivity index (χ2v) is 3.93. The quantitative estimate of drug-likeness (QED) is 0.697. The third kappa shape index (κ3) is 2.22. The molecule has 2 aromatic heterocycles. The molecule has 1 aromatic carbocycles. The second-order valence-electron chi connectivity index (χ2n) is 3.93. The standard InChI is InChI=1S/C15H9N3O/c16-9-11-8-15(19-12-4-3-7-17-10-12)18-14-6-2-1-5-13(11)14/h1-8,10H. The summed E-state index contributed by atoms with van der Waals surface area (Å²) < 4.78 is 5.60. The van der Waals surface area contributed by atoms with Gasteiger partial charge in [-0.3, -0.25) is 4.98 Å². The normalized spacial score (nSPS) is 10.1. The van der Waals surface area contributed by atoms with Crippen molar-refractivity contribution in [2.75, 3.05) is 0 Å². The van der Waals surface area contributed by atoms with Crippen LogP contribution in [0.2, 0.25) is 0 Å². The Morgan fingerprint density at radius 3 is 2.79 bits per heavy atom. The van der Waals surface area contributed by atoms with Crippen LogP contribution in [0, 0.1) is 11.3 Å². The van der Waals surface area contributed by atoms with Crippen molar-refractivity contribution < 1.29 is 4.74 Å². The summed E-state index contributed by atoms with van der Waals surface area (Å²) >= 11 is 0. The first kappa shape index (κ1) is 11.2. The smallest absolute Gasteiger partial charge is 0.221 e. The van der Waals surface area contributed by atoms with E-state index in [1.165, 1.54) is 0 Å². The lowest BCUT2D eigenvalue weighted by Crippen LogP contribution is -1.91. The SMILES string of the molecule is N#Cc1cc(Oc2cccnc2)nc2ccccc12. The molecule has 0 aliphatic heterocycles. The highest BCUT2D eigenvalue weighted by Crippen LogP contribution is 2.24. The van der Waals surface area contributed by atoms with Gasteiger partial charge in [0.25, 0.3) is 0 Å². The third-order valence-corrected chi connectivity index (χ3v) is 2.67. The van der Waals surface area contributed by atoms with Crippen LogP contribution in [-0.2, 0) is 0 Å². The molecule has 0 unspecified atom stereocenters. The molecule has 90 valence electrons. The number of pyridine rings is 2. The van der Waals surface area contributed by atoms with Gasteiger partial charge in [-0.25, -0.2) is 4.98 Å². The number of para-hydroxylation sites is 1. The Morgan fingerprint density at radius 1 is 1.11 bits per heavy atom. The van der Waals surface area contributed by atoms with E-state index in [9.17, 15) is 5.26 Å². The molecule has 0 aliphatic rings. The Kier molecular flexibility index (Phi) is 2.79. The van der Waals surface area contributed by atoms with Gasteiger partial charge in [0, 0.05) is 17.6 Å². The molecule has 0 saturated heterocycles. The zero-order valence-electron chi connectivity index (χ0n) is 9.95. The van der Waals surface area contributed by atoms with Gasteiger partial charge in [-0.15, -0.1) is 0 Å². The number of rotatable bonds is 2. The van der Waals surface area contributed by atoms with Gasteiger partial charge in [-0.2, -0.15) is 5.26 Å². The van der Waals surface area contributed by atoms with E-state index in [0.29, 0.717) is 17.2 Å². The number of aromatic nitrogens is 2. The number of fused-ring (bicyclic) bond motifs is 1. The van der Waals surface area contributed by atoms with Crippen LogP contribution in [0.3, 0.4) is 0 Å². The zero-order chi connectivity index (χ0) is 13.1. The van der Waals surface area contributed by atoms with Crippen LogP contribution in [0.15, 0.2) is 54.9 Å². The Hall–Kier alpha value is -2.93. The molecule has 0 atom stereocenters. The van der Waals surface area contributed by atoms with Gasteiger partial charge in [-0.05, 0) is 18.2 Å². The minimum absolute atomic E-state index is 0.392. The van der Waals surface area contributed by atoms with Crippen molar-refractivity contribution in [2.45, 2.75) is 0 Å². The predicted octanol–water partition coefficient (Wildman–Crippen LogP) is 3.29. The van der Waals surface area contributed by atoms with Crippen LogP contribution in [0.25, 0.3) is 10.9 Å². The van der Waals surface area contributed by atoms with Crippen molar-refractivity contribution >= 4 is 10.9 Å². The van der Waals surface area contributed by atoms with Crippen LogP contribution >= 0.6 is 0 Å². The first-order valence-electron chi connectivity index (χ1n) is 5.74. The Bertz CT molecular complexity index is 763. The second kappa shape index (κ2) is 4.75. The van der Waals surface area contributed by atoms with Crippen molar-refractivity contribution in [3.8, 4) is 17.7 Å². The molecule has 0 aliphatic carbocycles. The minimum atomic E-state index is 0.392.